The Morgan fingerprint density at radius 1 is 1.02 bits per heavy atom. The van der Waals surface area contributed by atoms with Gasteiger partial charge in [-0.05, 0) is 44.0 Å². The van der Waals surface area contributed by atoms with Crippen LogP contribution in [0.15, 0.2) is 39.3 Å². The van der Waals surface area contributed by atoms with Gasteiger partial charge in [0, 0.05) is 24.7 Å². The highest BCUT2D eigenvalue weighted by molar-refractivity contribution is 5.94. The molecule has 0 radical (unpaired) electrons. The number of aromatic hydroxyl groups is 1. The third-order valence-electron chi connectivity index (χ3n) is 7.28. The van der Waals surface area contributed by atoms with Gasteiger partial charge in [0.1, 0.15) is 11.6 Å². The summed E-state index contributed by atoms with van der Waals surface area (Å²) in [5, 5.41) is 28.4. The summed E-state index contributed by atoms with van der Waals surface area (Å²) < 4.78 is 0.969. The fourth-order valence-corrected chi connectivity index (χ4v) is 4.54. The quantitative estimate of drug-likeness (QED) is 0.103. The van der Waals surface area contributed by atoms with Crippen LogP contribution in [0, 0.1) is 18.3 Å². The van der Waals surface area contributed by atoms with Crippen molar-refractivity contribution >= 4 is 17.3 Å². The summed E-state index contributed by atoms with van der Waals surface area (Å²) in [6, 6.07) is 8.51. The van der Waals surface area contributed by atoms with Gasteiger partial charge in [-0.1, -0.05) is 78.1 Å². The van der Waals surface area contributed by atoms with E-state index in [1.807, 2.05) is 6.07 Å². The number of nitrogens with two attached hydrogens (primary N) is 1. The molecule has 0 bridgehead atoms. The lowest BCUT2D eigenvalue weighted by Gasteiger charge is -2.25. The summed E-state index contributed by atoms with van der Waals surface area (Å²) in [5.74, 6) is -0.618. The Kier molecular flexibility index (Phi) is 14.6. The van der Waals surface area contributed by atoms with Crippen molar-refractivity contribution in [2.24, 2.45) is 16.0 Å². The zero-order chi connectivity index (χ0) is 30.2. The van der Waals surface area contributed by atoms with Crippen LogP contribution in [0.1, 0.15) is 112 Å². The number of nitriles is 1. The summed E-state index contributed by atoms with van der Waals surface area (Å²) in [5.41, 5.74) is 9.64. The van der Waals surface area contributed by atoms with E-state index in [2.05, 4.69) is 29.5 Å². The van der Waals surface area contributed by atoms with Crippen molar-refractivity contribution in [3.05, 3.63) is 51.3 Å². The van der Waals surface area contributed by atoms with E-state index in [1.54, 1.807) is 43.1 Å². The van der Waals surface area contributed by atoms with Crippen LogP contribution in [0.4, 0.5) is 11.4 Å². The van der Waals surface area contributed by atoms with Crippen LogP contribution in [-0.4, -0.2) is 40.3 Å². The van der Waals surface area contributed by atoms with E-state index in [4.69, 9.17) is 5.73 Å². The molecule has 4 N–H and O–H groups in total. The first-order chi connectivity index (χ1) is 19.8. The number of carbonyl (C=O) groups is 1. The van der Waals surface area contributed by atoms with Crippen LogP contribution in [0.2, 0.25) is 0 Å². The number of rotatable bonds is 18. The molecule has 0 aliphatic rings. The second kappa shape index (κ2) is 17.9. The average Bonchev–Trinajstić information content (AvgIpc) is 2.97. The van der Waals surface area contributed by atoms with Crippen molar-refractivity contribution < 1.29 is 9.90 Å². The minimum atomic E-state index is -0.592. The number of nitrogens with one attached hydrogen (secondary N) is 1. The van der Waals surface area contributed by atoms with E-state index in [9.17, 15) is 20.0 Å². The molecule has 1 atom stereocenters. The number of amides is 1. The monoisotopic (exact) mass is 565 g/mol. The standard InChI is InChI=1S/C31H47N7O3/c1-5-7-9-11-13-15-21-34-38-30(40)26(22-32)23(3)28(31(38)41)36-35-25-19-17-24(18-20-25)29(39)37(4)27(33)16-14-12-10-8-6-2/h17-20,27,34,40H,5-16,21,33H2,1-4H3. The van der Waals surface area contributed by atoms with Crippen molar-refractivity contribution in [3.8, 4) is 11.9 Å². The highest BCUT2D eigenvalue weighted by Gasteiger charge is 2.20. The Labute approximate surface area is 244 Å². The first-order valence-electron chi connectivity index (χ1n) is 14.9. The lowest BCUT2D eigenvalue weighted by atomic mass is 10.1. The molecule has 1 unspecified atom stereocenters. The number of nitrogens with zero attached hydrogens (tertiary/aromatic N) is 5. The van der Waals surface area contributed by atoms with E-state index in [1.165, 1.54) is 38.5 Å². The minimum absolute atomic E-state index is 0.0420. The molecule has 0 saturated heterocycles. The molecule has 0 aliphatic heterocycles. The van der Waals surface area contributed by atoms with Crippen LogP contribution in [-0.2, 0) is 0 Å². The summed E-state index contributed by atoms with van der Waals surface area (Å²) in [4.78, 5) is 27.6. The summed E-state index contributed by atoms with van der Waals surface area (Å²) in [6.07, 6.45) is 12.6. The predicted octanol–water partition coefficient (Wildman–Crippen LogP) is 6.77. The predicted molar refractivity (Wildman–Crippen MR) is 163 cm³/mol. The van der Waals surface area contributed by atoms with Gasteiger partial charge in [-0.25, -0.2) is 0 Å². The number of pyridine rings is 1. The van der Waals surface area contributed by atoms with Gasteiger partial charge in [-0.3, -0.25) is 9.59 Å². The Bertz CT molecular complexity index is 1230. The molecule has 2 rings (SSSR count). The molecule has 41 heavy (non-hydrogen) atoms. The molecule has 0 aliphatic carbocycles. The van der Waals surface area contributed by atoms with Gasteiger partial charge < -0.3 is 21.2 Å². The number of azo groups is 1. The molecule has 10 nitrogen and oxygen atoms in total. The van der Waals surface area contributed by atoms with Crippen LogP contribution in [0.25, 0.3) is 0 Å². The Hall–Kier alpha value is -3.71. The Balaban J connectivity index is 2.10. The average molecular weight is 566 g/mol. The molecule has 224 valence electrons. The molecule has 10 heteroatoms. The third-order valence-corrected chi connectivity index (χ3v) is 7.28. The highest BCUT2D eigenvalue weighted by Crippen LogP contribution is 2.26. The van der Waals surface area contributed by atoms with Crippen molar-refractivity contribution in [1.29, 1.82) is 5.26 Å². The van der Waals surface area contributed by atoms with Gasteiger partial charge in [-0.15, -0.1) is 5.11 Å². The highest BCUT2D eigenvalue weighted by atomic mass is 16.3. The maximum atomic E-state index is 13.1. The summed E-state index contributed by atoms with van der Waals surface area (Å²) in [6.45, 7) is 6.36. The van der Waals surface area contributed by atoms with E-state index in [0.717, 1.165) is 43.2 Å². The normalized spacial score (nSPS) is 11.9. The van der Waals surface area contributed by atoms with Crippen molar-refractivity contribution in [2.45, 2.75) is 104 Å². The van der Waals surface area contributed by atoms with Gasteiger partial charge in [-0.2, -0.15) is 15.1 Å². The minimum Gasteiger partial charge on any atom is -0.492 e. The molecule has 1 aromatic heterocycles. The van der Waals surface area contributed by atoms with Gasteiger partial charge >= 0.3 is 0 Å². The van der Waals surface area contributed by atoms with Gasteiger partial charge in [0.15, 0.2) is 5.69 Å². The zero-order valence-corrected chi connectivity index (χ0v) is 25.2. The van der Waals surface area contributed by atoms with Gasteiger partial charge in [0.25, 0.3) is 11.5 Å². The van der Waals surface area contributed by atoms with Crippen molar-refractivity contribution in [1.82, 2.24) is 9.58 Å². The SMILES string of the molecule is CCCCCCCCNn1c(O)c(C#N)c(C)c(N=Nc2ccc(C(=O)N(C)C(N)CCCCCCC)cc2)c1=O. The lowest BCUT2D eigenvalue weighted by molar-refractivity contribution is 0.0726. The maximum absolute atomic E-state index is 13.1. The first-order valence-corrected chi connectivity index (χ1v) is 14.9. The fraction of sp³-hybridized carbons (Fsp3) is 0.581. The molecule has 1 heterocycles. The van der Waals surface area contributed by atoms with Crippen LogP contribution < -0.4 is 16.7 Å². The van der Waals surface area contributed by atoms with E-state index in [-0.39, 0.29) is 28.9 Å². The number of carbonyl (C=O) groups excluding carboxylic acids is 1. The maximum Gasteiger partial charge on any atom is 0.300 e. The number of aromatic nitrogens is 1. The second-order valence-electron chi connectivity index (χ2n) is 10.5. The van der Waals surface area contributed by atoms with Crippen molar-refractivity contribution in [2.75, 3.05) is 19.0 Å². The number of hydrogen-bond donors (Lipinski definition) is 3. The molecule has 0 saturated carbocycles. The summed E-state index contributed by atoms with van der Waals surface area (Å²) >= 11 is 0. The topological polar surface area (TPSA) is 149 Å². The number of benzene rings is 1. The first kappa shape index (κ1) is 33.5. The molecule has 1 amide bonds. The van der Waals surface area contributed by atoms with Gasteiger partial charge in [0.2, 0.25) is 5.88 Å². The van der Waals surface area contributed by atoms with Crippen LogP contribution >= 0.6 is 0 Å². The number of unbranched alkanes of at least 4 members (excludes halogenated alkanes) is 9. The zero-order valence-electron chi connectivity index (χ0n) is 25.2. The number of hydrogen-bond acceptors (Lipinski definition) is 8. The van der Waals surface area contributed by atoms with E-state index in [0.29, 0.717) is 17.8 Å². The lowest BCUT2D eigenvalue weighted by Crippen LogP contribution is -2.43. The largest absolute Gasteiger partial charge is 0.492 e. The molecular weight excluding hydrogens is 518 g/mol. The van der Waals surface area contributed by atoms with Crippen molar-refractivity contribution in [3.63, 3.8) is 0 Å². The van der Waals surface area contributed by atoms with E-state index >= 15 is 0 Å². The molecule has 0 spiro atoms. The molecule has 0 fully saturated rings. The summed E-state index contributed by atoms with van der Waals surface area (Å²) in [7, 11) is 1.71. The molecule has 2 aromatic rings. The third kappa shape index (κ3) is 10.0. The Morgan fingerprint density at radius 3 is 2.22 bits per heavy atom. The Morgan fingerprint density at radius 2 is 1.61 bits per heavy atom. The van der Waals surface area contributed by atoms with Gasteiger partial charge in [0.05, 0.1) is 11.9 Å². The fourth-order valence-electron chi connectivity index (χ4n) is 4.54. The van der Waals surface area contributed by atoms with Crippen LogP contribution in [0.5, 0.6) is 5.88 Å². The molecular formula is C31H47N7O3. The van der Waals surface area contributed by atoms with E-state index < -0.39 is 11.4 Å². The molecule has 1 aromatic carbocycles. The smallest absolute Gasteiger partial charge is 0.300 e. The van der Waals surface area contributed by atoms with Crippen LogP contribution in [0.3, 0.4) is 0 Å². The second-order valence-corrected chi connectivity index (χ2v) is 10.5.